The first-order chi connectivity index (χ1) is 6.36. The molecular weight excluding hydrogens is 169 g/mol. The van der Waals surface area contributed by atoms with Crippen molar-refractivity contribution in [1.29, 1.82) is 0 Å². The number of ether oxygens (including phenoxy) is 1. The van der Waals surface area contributed by atoms with Crippen LogP contribution in [0.2, 0.25) is 0 Å². The van der Waals surface area contributed by atoms with Crippen molar-refractivity contribution in [2.75, 3.05) is 13.1 Å². The molecule has 1 aromatic rings. The van der Waals surface area contributed by atoms with Gasteiger partial charge in [-0.1, -0.05) is 12.1 Å². The van der Waals surface area contributed by atoms with Crippen molar-refractivity contribution >= 4 is 0 Å². The van der Waals surface area contributed by atoms with Gasteiger partial charge in [0.2, 0.25) is 0 Å². The summed E-state index contributed by atoms with van der Waals surface area (Å²) in [5.41, 5.74) is 0. The maximum Gasteiger partial charge on any atom is 0.165 e. The van der Waals surface area contributed by atoms with Crippen molar-refractivity contribution in [2.24, 2.45) is 0 Å². The quantitative estimate of drug-likeness (QED) is 0.747. The Morgan fingerprint density at radius 3 is 2.92 bits per heavy atom. The Morgan fingerprint density at radius 1 is 1.38 bits per heavy atom. The number of rotatable bonds is 2. The van der Waals surface area contributed by atoms with Gasteiger partial charge in [-0.3, -0.25) is 0 Å². The van der Waals surface area contributed by atoms with E-state index < -0.39 is 0 Å². The van der Waals surface area contributed by atoms with Crippen molar-refractivity contribution in [2.45, 2.75) is 12.5 Å². The number of benzene rings is 1. The summed E-state index contributed by atoms with van der Waals surface area (Å²) in [6.07, 6.45) is 1.07. The molecule has 0 aliphatic carbocycles. The molecular formula is C10H12FNO. The molecule has 1 aliphatic rings. The molecule has 0 amide bonds. The van der Waals surface area contributed by atoms with Crippen LogP contribution in [0.15, 0.2) is 24.3 Å². The predicted octanol–water partition coefficient (Wildman–Crippen LogP) is 1.57. The molecule has 0 radical (unpaired) electrons. The summed E-state index contributed by atoms with van der Waals surface area (Å²) in [4.78, 5) is 0. The van der Waals surface area contributed by atoms with Crippen LogP contribution >= 0.6 is 0 Å². The zero-order chi connectivity index (χ0) is 9.10. The Balaban J connectivity index is 2.04. The minimum absolute atomic E-state index is 0.122. The van der Waals surface area contributed by atoms with Crippen LogP contribution in [0.25, 0.3) is 0 Å². The van der Waals surface area contributed by atoms with Crippen molar-refractivity contribution < 1.29 is 9.13 Å². The first-order valence-corrected chi connectivity index (χ1v) is 4.48. The molecule has 2 rings (SSSR count). The van der Waals surface area contributed by atoms with E-state index in [1.165, 1.54) is 6.07 Å². The van der Waals surface area contributed by atoms with Gasteiger partial charge in [-0.15, -0.1) is 0 Å². The summed E-state index contributed by atoms with van der Waals surface area (Å²) in [5, 5.41) is 3.16. The van der Waals surface area contributed by atoms with E-state index in [0.29, 0.717) is 5.75 Å². The Kier molecular flexibility index (Phi) is 2.45. The lowest BCUT2D eigenvalue weighted by Gasteiger charge is -2.12. The minimum atomic E-state index is -0.283. The molecule has 0 spiro atoms. The summed E-state index contributed by atoms with van der Waals surface area (Å²) >= 11 is 0. The van der Waals surface area contributed by atoms with Crippen molar-refractivity contribution in [3.05, 3.63) is 30.1 Å². The van der Waals surface area contributed by atoms with E-state index in [1.807, 2.05) is 0 Å². The van der Waals surface area contributed by atoms with Gasteiger partial charge in [0.05, 0.1) is 0 Å². The van der Waals surface area contributed by atoms with E-state index in [9.17, 15) is 4.39 Å². The van der Waals surface area contributed by atoms with E-state index in [4.69, 9.17) is 4.74 Å². The molecule has 1 fully saturated rings. The lowest BCUT2D eigenvalue weighted by Crippen LogP contribution is -2.19. The fraction of sp³-hybridized carbons (Fsp3) is 0.400. The van der Waals surface area contributed by atoms with E-state index >= 15 is 0 Å². The molecule has 13 heavy (non-hydrogen) atoms. The molecule has 0 bridgehead atoms. The third-order valence-electron chi connectivity index (χ3n) is 2.15. The second-order valence-corrected chi connectivity index (χ2v) is 3.16. The molecule has 0 saturated carbocycles. The van der Waals surface area contributed by atoms with Crippen molar-refractivity contribution in [3.8, 4) is 5.75 Å². The number of hydrogen-bond donors (Lipinski definition) is 1. The lowest BCUT2D eigenvalue weighted by atomic mass is 10.3. The maximum atomic E-state index is 13.1. The second-order valence-electron chi connectivity index (χ2n) is 3.16. The van der Waals surface area contributed by atoms with Crippen molar-refractivity contribution in [1.82, 2.24) is 5.32 Å². The van der Waals surface area contributed by atoms with Crippen molar-refractivity contribution in [3.63, 3.8) is 0 Å². The zero-order valence-electron chi connectivity index (χ0n) is 7.29. The third-order valence-corrected chi connectivity index (χ3v) is 2.15. The van der Waals surface area contributed by atoms with Crippen LogP contribution < -0.4 is 10.1 Å². The highest BCUT2D eigenvalue weighted by molar-refractivity contribution is 5.24. The van der Waals surface area contributed by atoms with Gasteiger partial charge < -0.3 is 10.1 Å². The SMILES string of the molecule is Fc1ccccc1OC1CCNC1. The highest BCUT2D eigenvalue weighted by atomic mass is 19.1. The third kappa shape index (κ3) is 1.98. The molecule has 1 unspecified atom stereocenters. The summed E-state index contributed by atoms with van der Waals surface area (Å²) in [7, 11) is 0. The molecule has 1 saturated heterocycles. The molecule has 3 heteroatoms. The van der Waals surface area contributed by atoms with Gasteiger partial charge in [0.25, 0.3) is 0 Å². The standard InChI is InChI=1S/C10H12FNO/c11-9-3-1-2-4-10(9)13-8-5-6-12-7-8/h1-4,8,12H,5-7H2. The van der Waals surface area contributed by atoms with Crippen LogP contribution in [0.4, 0.5) is 4.39 Å². The predicted molar refractivity (Wildman–Crippen MR) is 48.3 cm³/mol. The first kappa shape index (κ1) is 8.51. The van der Waals surface area contributed by atoms with Crippen LogP contribution in [-0.2, 0) is 0 Å². The number of halogens is 1. The Bertz CT molecular complexity index is 284. The van der Waals surface area contributed by atoms with Crippen LogP contribution in [0.3, 0.4) is 0 Å². The molecule has 1 aromatic carbocycles. The largest absolute Gasteiger partial charge is 0.486 e. The highest BCUT2D eigenvalue weighted by Crippen LogP contribution is 2.18. The number of para-hydroxylation sites is 1. The van der Waals surface area contributed by atoms with Crippen LogP contribution in [0.1, 0.15) is 6.42 Å². The maximum absolute atomic E-state index is 13.1. The molecule has 0 aromatic heterocycles. The van der Waals surface area contributed by atoms with Gasteiger partial charge in [0.15, 0.2) is 11.6 Å². The fourth-order valence-electron chi connectivity index (χ4n) is 1.45. The van der Waals surface area contributed by atoms with Crippen LogP contribution in [0.5, 0.6) is 5.75 Å². The fourth-order valence-corrected chi connectivity index (χ4v) is 1.45. The normalized spacial score (nSPS) is 21.8. The zero-order valence-corrected chi connectivity index (χ0v) is 7.29. The Morgan fingerprint density at radius 2 is 2.23 bits per heavy atom. The molecule has 70 valence electrons. The molecule has 2 nitrogen and oxygen atoms in total. The summed E-state index contributed by atoms with van der Waals surface area (Å²) in [6, 6.07) is 6.52. The Labute approximate surface area is 76.7 Å². The molecule has 1 N–H and O–H groups in total. The topological polar surface area (TPSA) is 21.3 Å². The number of hydrogen-bond acceptors (Lipinski definition) is 2. The molecule has 1 aliphatic heterocycles. The monoisotopic (exact) mass is 181 g/mol. The van der Waals surface area contributed by atoms with Gasteiger partial charge >= 0.3 is 0 Å². The van der Waals surface area contributed by atoms with E-state index in [2.05, 4.69) is 5.32 Å². The lowest BCUT2D eigenvalue weighted by molar-refractivity contribution is 0.213. The molecule has 1 atom stereocenters. The van der Waals surface area contributed by atoms with Gasteiger partial charge in [0, 0.05) is 6.54 Å². The van der Waals surface area contributed by atoms with E-state index in [1.54, 1.807) is 18.2 Å². The highest BCUT2D eigenvalue weighted by Gasteiger charge is 2.16. The smallest absolute Gasteiger partial charge is 0.165 e. The second kappa shape index (κ2) is 3.75. The molecule has 1 heterocycles. The summed E-state index contributed by atoms with van der Waals surface area (Å²) in [6.45, 7) is 1.77. The average molecular weight is 181 g/mol. The van der Waals surface area contributed by atoms with Gasteiger partial charge in [0.1, 0.15) is 6.10 Å². The number of nitrogens with one attached hydrogen (secondary N) is 1. The minimum Gasteiger partial charge on any atom is -0.486 e. The van der Waals surface area contributed by atoms with Crippen LogP contribution in [0, 0.1) is 5.82 Å². The van der Waals surface area contributed by atoms with Gasteiger partial charge in [-0.05, 0) is 25.1 Å². The van der Waals surface area contributed by atoms with Gasteiger partial charge in [-0.2, -0.15) is 0 Å². The average Bonchev–Trinajstić information content (AvgIpc) is 2.61. The van der Waals surface area contributed by atoms with E-state index in [-0.39, 0.29) is 11.9 Å². The summed E-state index contributed by atoms with van der Waals surface area (Å²) in [5.74, 6) is 0.0746. The summed E-state index contributed by atoms with van der Waals surface area (Å²) < 4.78 is 18.6. The Hall–Kier alpha value is -1.09. The van der Waals surface area contributed by atoms with Crippen LogP contribution in [-0.4, -0.2) is 19.2 Å². The van der Waals surface area contributed by atoms with Gasteiger partial charge in [-0.25, -0.2) is 4.39 Å². The van der Waals surface area contributed by atoms with E-state index in [0.717, 1.165) is 19.5 Å². The first-order valence-electron chi connectivity index (χ1n) is 4.48.